The third-order valence-corrected chi connectivity index (χ3v) is 4.59. The monoisotopic (exact) mass is 327 g/mol. The van der Waals surface area contributed by atoms with E-state index >= 15 is 0 Å². The molecule has 1 aromatic heterocycles. The molecule has 2 aromatic rings. The van der Waals surface area contributed by atoms with Gasteiger partial charge in [0.1, 0.15) is 0 Å². The Bertz CT molecular complexity index is 706. The van der Waals surface area contributed by atoms with Crippen LogP contribution in [0.5, 0.6) is 0 Å². The van der Waals surface area contributed by atoms with Gasteiger partial charge in [0.2, 0.25) is 0 Å². The Hall–Kier alpha value is -2.14. The number of carbonyl (C=O) groups is 1. The van der Waals surface area contributed by atoms with E-state index in [1.54, 1.807) is 7.11 Å². The van der Waals surface area contributed by atoms with Crippen LogP contribution in [0.2, 0.25) is 0 Å². The number of piperidine rings is 1. The number of rotatable bonds is 4. The Morgan fingerprint density at radius 1 is 1.29 bits per heavy atom. The number of hydrogen-bond acceptors (Lipinski definition) is 3. The predicted octanol–water partition coefficient (Wildman–Crippen LogP) is 3.12. The fraction of sp³-hybridized carbons (Fsp3) is 0.474. The minimum absolute atomic E-state index is 0.102. The molecule has 2 heterocycles. The van der Waals surface area contributed by atoms with Crippen LogP contribution < -0.4 is 0 Å². The van der Waals surface area contributed by atoms with Gasteiger partial charge in [0.25, 0.3) is 5.91 Å². The van der Waals surface area contributed by atoms with Crippen LogP contribution in [-0.2, 0) is 11.3 Å². The number of aryl methyl sites for hydroxylation is 2. The third kappa shape index (κ3) is 3.51. The van der Waals surface area contributed by atoms with Crippen LogP contribution >= 0.6 is 0 Å². The zero-order chi connectivity index (χ0) is 17.1. The summed E-state index contributed by atoms with van der Waals surface area (Å²) in [5.41, 5.74) is 4.01. The molecule has 5 heteroatoms. The number of nitrogens with zero attached hydrogens (tertiary/aromatic N) is 3. The second kappa shape index (κ2) is 7.18. The van der Waals surface area contributed by atoms with Gasteiger partial charge in [-0.25, -0.2) is 0 Å². The first kappa shape index (κ1) is 16.7. The molecule has 1 atom stereocenters. The Labute approximate surface area is 143 Å². The lowest BCUT2D eigenvalue weighted by atomic mass is 10.0. The van der Waals surface area contributed by atoms with Crippen LogP contribution in [0, 0.1) is 13.8 Å². The molecule has 1 aromatic carbocycles. The molecule has 1 saturated heterocycles. The van der Waals surface area contributed by atoms with Crippen molar-refractivity contribution in [3.8, 4) is 0 Å². The maximum Gasteiger partial charge on any atom is 0.253 e. The molecule has 0 spiro atoms. The van der Waals surface area contributed by atoms with Gasteiger partial charge in [0.15, 0.2) is 0 Å². The topological polar surface area (TPSA) is 47.4 Å². The summed E-state index contributed by atoms with van der Waals surface area (Å²) in [7, 11) is 1.67. The summed E-state index contributed by atoms with van der Waals surface area (Å²) in [6, 6.07) is 10.1. The third-order valence-electron chi connectivity index (χ3n) is 4.59. The maximum absolute atomic E-state index is 12.8. The first-order valence-corrected chi connectivity index (χ1v) is 8.48. The van der Waals surface area contributed by atoms with E-state index in [9.17, 15) is 4.79 Å². The lowest BCUT2D eigenvalue weighted by Gasteiger charge is -2.33. The first-order chi connectivity index (χ1) is 11.6. The van der Waals surface area contributed by atoms with Gasteiger partial charge in [0, 0.05) is 31.5 Å². The van der Waals surface area contributed by atoms with Gasteiger partial charge in [0.05, 0.1) is 18.3 Å². The normalized spacial score (nSPS) is 18.0. The van der Waals surface area contributed by atoms with Crippen LogP contribution in [0.3, 0.4) is 0 Å². The summed E-state index contributed by atoms with van der Waals surface area (Å²) < 4.78 is 7.20. The van der Waals surface area contributed by atoms with Gasteiger partial charge in [-0.2, -0.15) is 5.10 Å². The lowest BCUT2D eigenvalue weighted by molar-refractivity contribution is 0.0671. The second-order valence-corrected chi connectivity index (χ2v) is 6.55. The quantitative estimate of drug-likeness (QED) is 0.867. The smallest absolute Gasteiger partial charge is 0.253 e. The van der Waals surface area contributed by atoms with Crippen LogP contribution in [0.25, 0.3) is 0 Å². The molecule has 5 nitrogen and oxygen atoms in total. The number of likely N-dealkylation sites (tertiary alicyclic amines) is 1. The minimum Gasteiger partial charge on any atom is -0.380 e. The Balaban J connectivity index is 1.72. The summed E-state index contributed by atoms with van der Waals surface area (Å²) in [6.07, 6.45) is 2.08. The molecule has 1 aliphatic rings. The Kier molecular flexibility index (Phi) is 5.00. The van der Waals surface area contributed by atoms with Crippen LogP contribution in [0.15, 0.2) is 30.3 Å². The summed E-state index contributed by atoms with van der Waals surface area (Å²) >= 11 is 0. The minimum atomic E-state index is 0.102. The molecule has 0 radical (unpaired) electrons. The fourth-order valence-electron chi connectivity index (χ4n) is 3.45. The number of ether oxygens (including phenoxy) is 1. The van der Waals surface area contributed by atoms with Gasteiger partial charge >= 0.3 is 0 Å². The molecular weight excluding hydrogens is 302 g/mol. The molecule has 0 aliphatic carbocycles. The van der Waals surface area contributed by atoms with Crippen LogP contribution in [-0.4, -0.2) is 40.8 Å². The molecule has 3 rings (SSSR count). The van der Waals surface area contributed by atoms with Crippen molar-refractivity contribution >= 4 is 5.91 Å². The van der Waals surface area contributed by atoms with E-state index in [1.807, 2.05) is 36.1 Å². The Morgan fingerprint density at radius 2 is 2.04 bits per heavy atom. The average molecular weight is 327 g/mol. The van der Waals surface area contributed by atoms with Crippen molar-refractivity contribution in [2.24, 2.45) is 0 Å². The molecule has 24 heavy (non-hydrogen) atoms. The van der Waals surface area contributed by atoms with Crippen LogP contribution in [0.4, 0.5) is 0 Å². The highest BCUT2D eigenvalue weighted by Gasteiger charge is 2.26. The van der Waals surface area contributed by atoms with E-state index in [2.05, 4.69) is 22.8 Å². The number of aromatic nitrogens is 2. The highest BCUT2D eigenvalue weighted by atomic mass is 16.5. The van der Waals surface area contributed by atoms with Gasteiger partial charge in [-0.3, -0.25) is 9.48 Å². The van der Waals surface area contributed by atoms with Crippen molar-refractivity contribution in [2.45, 2.75) is 39.3 Å². The van der Waals surface area contributed by atoms with E-state index < -0.39 is 0 Å². The average Bonchev–Trinajstić information content (AvgIpc) is 2.94. The van der Waals surface area contributed by atoms with Gasteiger partial charge in [-0.15, -0.1) is 0 Å². The van der Waals surface area contributed by atoms with E-state index in [4.69, 9.17) is 4.74 Å². The number of carbonyl (C=O) groups excluding carboxylic acids is 1. The zero-order valence-electron chi connectivity index (χ0n) is 14.7. The van der Waals surface area contributed by atoms with Gasteiger partial charge in [-0.05, 0) is 50.5 Å². The van der Waals surface area contributed by atoms with Crippen molar-refractivity contribution < 1.29 is 9.53 Å². The summed E-state index contributed by atoms with van der Waals surface area (Å²) in [4.78, 5) is 14.8. The zero-order valence-corrected chi connectivity index (χ0v) is 14.7. The molecule has 1 amide bonds. The van der Waals surface area contributed by atoms with Crippen LogP contribution in [0.1, 0.15) is 46.2 Å². The highest BCUT2D eigenvalue weighted by Crippen LogP contribution is 2.24. The molecule has 1 fully saturated rings. The van der Waals surface area contributed by atoms with Crippen molar-refractivity contribution in [3.05, 3.63) is 52.8 Å². The highest BCUT2D eigenvalue weighted by molar-refractivity contribution is 5.94. The molecule has 0 bridgehead atoms. The Morgan fingerprint density at radius 3 is 2.67 bits per heavy atom. The van der Waals surface area contributed by atoms with Crippen molar-refractivity contribution in [1.82, 2.24) is 14.7 Å². The maximum atomic E-state index is 12.8. The standard InChI is InChI=1S/C19H25N3O2/c1-14-11-15(2)22(20-14)18-5-4-10-21(12-18)19(23)17-8-6-16(7-9-17)13-24-3/h6-9,11,18H,4-5,10,12-13H2,1-3H3/t18-/m0/s1. The molecule has 0 N–H and O–H groups in total. The molecular formula is C19H25N3O2. The fourth-order valence-corrected chi connectivity index (χ4v) is 3.45. The molecule has 1 aliphatic heterocycles. The lowest BCUT2D eigenvalue weighted by Crippen LogP contribution is -2.41. The summed E-state index contributed by atoms with van der Waals surface area (Å²) in [6.45, 7) is 6.19. The predicted molar refractivity (Wildman–Crippen MR) is 93.0 cm³/mol. The molecule has 128 valence electrons. The largest absolute Gasteiger partial charge is 0.380 e. The SMILES string of the molecule is COCc1ccc(C(=O)N2CCC[C@H](n3nc(C)cc3C)C2)cc1. The second-order valence-electron chi connectivity index (χ2n) is 6.55. The number of methoxy groups -OCH3 is 1. The molecule has 0 saturated carbocycles. The van der Waals surface area contributed by atoms with Gasteiger partial charge < -0.3 is 9.64 Å². The van der Waals surface area contributed by atoms with E-state index in [1.165, 1.54) is 0 Å². The molecule has 0 unspecified atom stereocenters. The van der Waals surface area contributed by atoms with Crippen molar-refractivity contribution in [2.75, 3.05) is 20.2 Å². The summed E-state index contributed by atoms with van der Waals surface area (Å²) in [5, 5.41) is 4.60. The number of amides is 1. The van der Waals surface area contributed by atoms with Gasteiger partial charge in [-0.1, -0.05) is 12.1 Å². The van der Waals surface area contributed by atoms with E-state index in [0.29, 0.717) is 6.61 Å². The van der Waals surface area contributed by atoms with E-state index in [-0.39, 0.29) is 11.9 Å². The van der Waals surface area contributed by atoms with E-state index in [0.717, 1.165) is 48.4 Å². The first-order valence-electron chi connectivity index (χ1n) is 8.48. The number of benzene rings is 1. The van der Waals surface area contributed by atoms with Crippen molar-refractivity contribution in [1.29, 1.82) is 0 Å². The summed E-state index contributed by atoms with van der Waals surface area (Å²) in [5.74, 6) is 0.102. The van der Waals surface area contributed by atoms with Crippen molar-refractivity contribution in [3.63, 3.8) is 0 Å². The number of hydrogen-bond donors (Lipinski definition) is 0.